The van der Waals surface area contributed by atoms with E-state index < -0.39 is 0 Å². The van der Waals surface area contributed by atoms with Gasteiger partial charge in [0.25, 0.3) is 0 Å². The molecule has 0 atom stereocenters. The fraction of sp³-hybridized carbons (Fsp3) is 0.880. The standard InChI is InChI=1S/C25H47NO/c1-5-6-7-8-9-10-11-12-13-14-15-16-17-18-19-20-21-24-26-25(3,4)22-23(2)27-24/h22H,5-21H2,1-4H3. The Hall–Kier alpha value is -0.790. The van der Waals surface area contributed by atoms with Crippen molar-refractivity contribution in [2.45, 2.75) is 142 Å². The maximum Gasteiger partial charge on any atom is 0.190 e. The molecule has 0 spiro atoms. The Morgan fingerprint density at radius 2 is 1.11 bits per heavy atom. The van der Waals surface area contributed by atoms with Gasteiger partial charge in [-0.3, -0.25) is 0 Å². The molecule has 2 nitrogen and oxygen atoms in total. The summed E-state index contributed by atoms with van der Waals surface area (Å²) in [5.41, 5.74) is -0.0906. The molecule has 0 aromatic heterocycles. The van der Waals surface area contributed by atoms with Gasteiger partial charge in [-0.15, -0.1) is 0 Å². The normalized spacial score (nSPS) is 16.0. The maximum atomic E-state index is 5.76. The number of ether oxygens (including phenoxy) is 1. The first-order chi connectivity index (χ1) is 13.0. The molecule has 0 N–H and O–H groups in total. The Kier molecular flexibility index (Phi) is 13.6. The highest BCUT2D eigenvalue weighted by molar-refractivity contribution is 5.78. The van der Waals surface area contributed by atoms with Crippen LogP contribution in [0.5, 0.6) is 0 Å². The van der Waals surface area contributed by atoms with Gasteiger partial charge in [-0.05, 0) is 33.3 Å². The SMILES string of the molecule is CCCCCCCCCCCCCCCCCCC1=NC(C)(C)C=C(C)O1. The van der Waals surface area contributed by atoms with E-state index in [0.717, 1.165) is 18.1 Å². The topological polar surface area (TPSA) is 21.6 Å². The van der Waals surface area contributed by atoms with Crippen LogP contribution in [-0.2, 0) is 4.74 Å². The second kappa shape index (κ2) is 15.2. The molecule has 27 heavy (non-hydrogen) atoms. The van der Waals surface area contributed by atoms with E-state index in [2.05, 4.69) is 31.8 Å². The number of aliphatic imine (C=N–C) groups is 1. The first-order valence-corrected chi connectivity index (χ1v) is 12.0. The summed E-state index contributed by atoms with van der Waals surface area (Å²) < 4.78 is 5.76. The predicted molar refractivity (Wildman–Crippen MR) is 121 cm³/mol. The van der Waals surface area contributed by atoms with Gasteiger partial charge < -0.3 is 4.74 Å². The van der Waals surface area contributed by atoms with E-state index in [1.165, 1.54) is 103 Å². The molecule has 1 aliphatic rings. The molecule has 2 heteroatoms. The summed E-state index contributed by atoms with van der Waals surface area (Å²) in [6, 6.07) is 0. The van der Waals surface area contributed by atoms with Crippen LogP contribution in [0.25, 0.3) is 0 Å². The summed E-state index contributed by atoms with van der Waals surface area (Å²) in [6.45, 7) is 8.62. The van der Waals surface area contributed by atoms with Crippen molar-refractivity contribution in [2.75, 3.05) is 0 Å². The lowest BCUT2D eigenvalue weighted by molar-refractivity contribution is 0.364. The number of rotatable bonds is 17. The van der Waals surface area contributed by atoms with Gasteiger partial charge in [-0.2, -0.15) is 0 Å². The quantitative estimate of drug-likeness (QED) is 0.232. The van der Waals surface area contributed by atoms with Crippen molar-refractivity contribution in [1.82, 2.24) is 0 Å². The Labute approximate surface area is 170 Å². The summed E-state index contributed by atoms with van der Waals surface area (Å²) in [5, 5.41) is 0. The molecule has 0 amide bonds. The van der Waals surface area contributed by atoms with Crippen LogP contribution < -0.4 is 0 Å². The molecule has 0 aromatic carbocycles. The third-order valence-corrected chi connectivity index (χ3v) is 5.49. The number of nitrogens with zero attached hydrogens (tertiary/aromatic N) is 1. The minimum atomic E-state index is -0.0906. The van der Waals surface area contributed by atoms with E-state index in [0.29, 0.717) is 0 Å². The summed E-state index contributed by atoms with van der Waals surface area (Å²) >= 11 is 0. The summed E-state index contributed by atoms with van der Waals surface area (Å²) in [7, 11) is 0. The molecule has 0 bridgehead atoms. The zero-order valence-corrected chi connectivity index (χ0v) is 19.0. The highest BCUT2D eigenvalue weighted by atomic mass is 16.5. The van der Waals surface area contributed by atoms with Crippen LogP contribution in [0.4, 0.5) is 0 Å². The molecule has 0 aliphatic carbocycles. The zero-order valence-electron chi connectivity index (χ0n) is 19.0. The minimum absolute atomic E-state index is 0.0906. The van der Waals surface area contributed by atoms with Crippen molar-refractivity contribution < 1.29 is 4.74 Å². The molecule has 0 fully saturated rings. The second-order valence-corrected chi connectivity index (χ2v) is 9.07. The Morgan fingerprint density at radius 3 is 1.52 bits per heavy atom. The molecule has 158 valence electrons. The van der Waals surface area contributed by atoms with Gasteiger partial charge in [0.2, 0.25) is 0 Å². The van der Waals surface area contributed by atoms with Crippen LogP contribution >= 0.6 is 0 Å². The van der Waals surface area contributed by atoms with Crippen molar-refractivity contribution in [3.05, 3.63) is 11.8 Å². The fourth-order valence-corrected chi connectivity index (χ4v) is 4.02. The third-order valence-electron chi connectivity index (χ3n) is 5.49. The van der Waals surface area contributed by atoms with Gasteiger partial charge in [-0.1, -0.05) is 103 Å². The molecule has 0 aromatic rings. The second-order valence-electron chi connectivity index (χ2n) is 9.07. The smallest absolute Gasteiger partial charge is 0.190 e. The van der Waals surface area contributed by atoms with E-state index in [1.807, 2.05) is 6.92 Å². The van der Waals surface area contributed by atoms with Gasteiger partial charge in [0.15, 0.2) is 5.90 Å². The Balaban J connectivity index is 1.81. The van der Waals surface area contributed by atoms with Gasteiger partial charge in [0.1, 0.15) is 5.76 Å². The van der Waals surface area contributed by atoms with Gasteiger partial charge in [-0.25, -0.2) is 4.99 Å². The van der Waals surface area contributed by atoms with Gasteiger partial charge in [0.05, 0.1) is 5.54 Å². The average molecular weight is 378 g/mol. The van der Waals surface area contributed by atoms with Crippen molar-refractivity contribution >= 4 is 5.90 Å². The fourth-order valence-electron chi connectivity index (χ4n) is 4.02. The number of allylic oxidation sites excluding steroid dienone is 1. The number of hydrogen-bond donors (Lipinski definition) is 0. The van der Waals surface area contributed by atoms with Crippen LogP contribution in [0.15, 0.2) is 16.8 Å². The first kappa shape index (κ1) is 24.2. The van der Waals surface area contributed by atoms with E-state index in [4.69, 9.17) is 4.74 Å². The van der Waals surface area contributed by atoms with Crippen molar-refractivity contribution in [3.63, 3.8) is 0 Å². The lowest BCUT2D eigenvalue weighted by atomic mass is 10.0. The summed E-state index contributed by atoms with van der Waals surface area (Å²) in [5.74, 6) is 1.94. The Morgan fingerprint density at radius 1 is 0.704 bits per heavy atom. The van der Waals surface area contributed by atoms with Crippen LogP contribution in [0, 0.1) is 0 Å². The van der Waals surface area contributed by atoms with E-state index in [1.54, 1.807) is 0 Å². The third kappa shape index (κ3) is 13.9. The van der Waals surface area contributed by atoms with Crippen LogP contribution in [0.3, 0.4) is 0 Å². The van der Waals surface area contributed by atoms with Gasteiger partial charge in [0, 0.05) is 6.42 Å². The van der Waals surface area contributed by atoms with Crippen molar-refractivity contribution in [2.24, 2.45) is 4.99 Å². The van der Waals surface area contributed by atoms with Crippen LogP contribution in [0.1, 0.15) is 137 Å². The lowest BCUT2D eigenvalue weighted by Crippen LogP contribution is -2.23. The van der Waals surface area contributed by atoms with Crippen molar-refractivity contribution in [3.8, 4) is 0 Å². The number of unbranched alkanes of at least 4 members (excludes halogenated alkanes) is 15. The molecule has 1 heterocycles. The molecule has 0 unspecified atom stereocenters. The monoisotopic (exact) mass is 377 g/mol. The first-order valence-electron chi connectivity index (χ1n) is 12.0. The van der Waals surface area contributed by atoms with Gasteiger partial charge >= 0.3 is 0 Å². The predicted octanol–water partition coefficient (Wildman–Crippen LogP) is 8.75. The molecular weight excluding hydrogens is 330 g/mol. The van der Waals surface area contributed by atoms with E-state index >= 15 is 0 Å². The van der Waals surface area contributed by atoms with E-state index in [-0.39, 0.29) is 5.54 Å². The van der Waals surface area contributed by atoms with Crippen molar-refractivity contribution in [1.29, 1.82) is 0 Å². The molecule has 1 aliphatic heterocycles. The molecule has 1 rings (SSSR count). The van der Waals surface area contributed by atoms with Crippen LogP contribution in [-0.4, -0.2) is 11.4 Å². The Bertz CT molecular complexity index is 422. The number of hydrogen-bond acceptors (Lipinski definition) is 2. The molecule has 0 radical (unpaired) electrons. The molecule has 0 saturated heterocycles. The highest BCUT2D eigenvalue weighted by Gasteiger charge is 2.20. The highest BCUT2D eigenvalue weighted by Crippen LogP contribution is 2.22. The minimum Gasteiger partial charge on any atom is -0.448 e. The van der Waals surface area contributed by atoms with E-state index in [9.17, 15) is 0 Å². The zero-order chi connectivity index (χ0) is 19.8. The van der Waals surface area contributed by atoms with Crippen LogP contribution in [0.2, 0.25) is 0 Å². The molecular formula is C25H47NO. The molecule has 0 saturated carbocycles. The maximum absolute atomic E-state index is 5.76. The summed E-state index contributed by atoms with van der Waals surface area (Å²) in [4.78, 5) is 4.69. The average Bonchev–Trinajstić information content (AvgIpc) is 2.59. The summed E-state index contributed by atoms with van der Waals surface area (Å²) in [6.07, 6.45) is 25.7. The lowest BCUT2D eigenvalue weighted by Gasteiger charge is -2.24. The largest absolute Gasteiger partial charge is 0.448 e.